The van der Waals surface area contributed by atoms with Crippen molar-refractivity contribution in [3.8, 4) is 17.2 Å². The first-order valence-corrected chi connectivity index (χ1v) is 7.35. The van der Waals surface area contributed by atoms with Gasteiger partial charge in [0.1, 0.15) is 10.9 Å². The molecule has 2 heterocycles. The van der Waals surface area contributed by atoms with Gasteiger partial charge in [0, 0.05) is 17.8 Å². The van der Waals surface area contributed by atoms with Crippen molar-refractivity contribution in [3.05, 3.63) is 58.0 Å². The number of nitriles is 1. The molecule has 2 aromatic rings. The summed E-state index contributed by atoms with van der Waals surface area (Å²) in [5, 5.41) is 12.8. The third kappa shape index (κ3) is 2.77. The fourth-order valence-electron chi connectivity index (χ4n) is 2.76. The van der Waals surface area contributed by atoms with Crippen molar-refractivity contribution in [1.29, 1.82) is 5.26 Å². The number of primary amides is 1. The molecular weight excluding hydrogens is 312 g/mol. The highest BCUT2D eigenvalue weighted by Crippen LogP contribution is 2.36. The molecule has 1 aliphatic heterocycles. The zero-order chi connectivity index (χ0) is 16.6. The van der Waals surface area contributed by atoms with Crippen molar-refractivity contribution in [2.24, 2.45) is 5.73 Å². The van der Waals surface area contributed by atoms with E-state index in [0.717, 1.165) is 22.3 Å². The summed E-state index contributed by atoms with van der Waals surface area (Å²) >= 11 is 5.85. The van der Waals surface area contributed by atoms with Crippen LogP contribution in [-0.4, -0.2) is 10.9 Å². The van der Waals surface area contributed by atoms with Crippen molar-refractivity contribution >= 4 is 23.6 Å². The van der Waals surface area contributed by atoms with Crippen LogP contribution in [0.25, 0.3) is 17.2 Å². The average Bonchev–Trinajstić information content (AvgIpc) is 2.54. The number of nitrogens with zero attached hydrogens (tertiary/aromatic N) is 2. The Morgan fingerprint density at radius 2 is 2.22 bits per heavy atom. The minimum absolute atomic E-state index is 0.129. The molecule has 3 rings (SSSR count). The number of rotatable bonds is 2. The second-order valence-corrected chi connectivity index (χ2v) is 5.68. The maximum absolute atomic E-state index is 11.5. The van der Waals surface area contributed by atoms with Crippen LogP contribution in [0.3, 0.4) is 0 Å². The Labute approximate surface area is 138 Å². The summed E-state index contributed by atoms with van der Waals surface area (Å²) < 4.78 is 0. The van der Waals surface area contributed by atoms with Crippen LogP contribution in [0.4, 0.5) is 0 Å². The van der Waals surface area contributed by atoms with Gasteiger partial charge in [0.05, 0.1) is 11.6 Å². The maximum Gasteiger partial charge on any atom is 0.264 e. The summed E-state index contributed by atoms with van der Waals surface area (Å²) in [6.45, 7) is 1.94. The highest BCUT2D eigenvalue weighted by atomic mass is 35.5. The normalized spacial score (nSPS) is 15.9. The standard InChI is InChI=1S/C17H13ClN4O/c1-9-16-12(6-14(22-9)17(20)23)4-10(7-19)5-13(16)11-2-3-15(18)21-8-11/h2-6,8-9,22H,1H3,(H2,20,23). The van der Waals surface area contributed by atoms with E-state index in [9.17, 15) is 10.1 Å². The van der Waals surface area contributed by atoms with E-state index in [4.69, 9.17) is 17.3 Å². The third-order valence-corrected chi connectivity index (χ3v) is 3.97. The SMILES string of the molecule is CC1NC(C(N)=O)=Cc2cc(C#N)cc(-c3ccc(Cl)nc3)c21. The van der Waals surface area contributed by atoms with Gasteiger partial charge in [-0.1, -0.05) is 11.6 Å². The lowest BCUT2D eigenvalue weighted by Crippen LogP contribution is -2.31. The average molecular weight is 325 g/mol. The van der Waals surface area contributed by atoms with Gasteiger partial charge in [0.25, 0.3) is 5.91 Å². The Morgan fingerprint density at radius 3 is 2.83 bits per heavy atom. The number of carbonyl (C=O) groups is 1. The van der Waals surface area contributed by atoms with E-state index < -0.39 is 5.91 Å². The van der Waals surface area contributed by atoms with Crippen LogP contribution in [0.15, 0.2) is 36.2 Å². The fraction of sp³-hybridized carbons (Fsp3) is 0.118. The summed E-state index contributed by atoms with van der Waals surface area (Å²) in [5.41, 5.74) is 9.72. The van der Waals surface area contributed by atoms with E-state index in [1.54, 1.807) is 24.4 Å². The van der Waals surface area contributed by atoms with E-state index >= 15 is 0 Å². The highest BCUT2D eigenvalue weighted by Gasteiger charge is 2.23. The molecular formula is C17H13ClN4O. The van der Waals surface area contributed by atoms with Gasteiger partial charge in [-0.25, -0.2) is 4.98 Å². The second-order valence-electron chi connectivity index (χ2n) is 5.30. The van der Waals surface area contributed by atoms with E-state index in [1.807, 2.05) is 19.1 Å². The molecule has 0 saturated heterocycles. The first kappa shape index (κ1) is 15.1. The predicted molar refractivity (Wildman–Crippen MR) is 88.1 cm³/mol. The van der Waals surface area contributed by atoms with Gasteiger partial charge in [0.2, 0.25) is 0 Å². The fourth-order valence-corrected chi connectivity index (χ4v) is 2.87. The monoisotopic (exact) mass is 324 g/mol. The molecule has 23 heavy (non-hydrogen) atoms. The number of hydrogen-bond donors (Lipinski definition) is 2. The van der Waals surface area contributed by atoms with E-state index in [2.05, 4.69) is 16.4 Å². The number of fused-ring (bicyclic) bond motifs is 1. The number of pyridine rings is 1. The van der Waals surface area contributed by atoms with E-state index in [1.165, 1.54) is 0 Å². The largest absolute Gasteiger partial charge is 0.374 e. The van der Waals surface area contributed by atoms with Gasteiger partial charge in [-0.2, -0.15) is 5.26 Å². The predicted octanol–water partition coefficient (Wildman–Crippen LogP) is 2.76. The molecule has 0 aliphatic carbocycles. The van der Waals surface area contributed by atoms with Crippen molar-refractivity contribution < 1.29 is 4.79 Å². The van der Waals surface area contributed by atoms with Crippen LogP contribution in [-0.2, 0) is 4.79 Å². The molecule has 1 amide bonds. The Bertz CT molecular complexity index is 865. The number of amides is 1. The number of halogens is 1. The summed E-state index contributed by atoms with van der Waals surface area (Å²) in [7, 11) is 0. The lowest BCUT2D eigenvalue weighted by Gasteiger charge is -2.26. The van der Waals surface area contributed by atoms with E-state index in [-0.39, 0.29) is 6.04 Å². The number of benzene rings is 1. The molecule has 0 spiro atoms. The van der Waals surface area contributed by atoms with Crippen molar-refractivity contribution in [1.82, 2.24) is 10.3 Å². The molecule has 1 aromatic heterocycles. The summed E-state index contributed by atoms with van der Waals surface area (Å²) in [4.78, 5) is 15.6. The molecule has 0 fully saturated rings. The van der Waals surface area contributed by atoms with Crippen LogP contribution in [0, 0.1) is 11.3 Å². The van der Waals surface area contributed by atoms with Gasteiger partial charge >= 0.3 is 0 Å². The van der Waals surface area contributed by atoms with Crippen LogP contribution in [0.5, 0.6) is 0 Å². The van der Waals surface area contributed by atoms with E-state index in [0.29, 0.717) is 16.4 Å². The molecule has 1 aliphatic rings. The van der Waals surface area contributed by atoms with Crippen molar-refractivity contribution in [2.45, 2.75) is 13.0 Å². The Hall–Kier alpha value is -2.84. The zero-order valence-electron chi connectivity index (χ0n) is 12.3. The number of nitrogens with two attached hydrogens (primary N) is 1. The Balaban J connectivity index is 2.26. The number of nitrogens with one attached hydrogen (secondary N) is 1. The third-order valence-electron chi connectivity index (χ3n) is 3.75. The molecule has 114 valence electrons. The number of aromatic nitrogens is 1. The molecule has 0 saturated carbocycles. The lowest BCUT2D eigenvalue weighted by atomic mass is 9.87. The lowest BCUT2D eigenvalue weighted by molar-refractivity contribution is -0.114. The van der Waals surface area contributed by atoms with Gasteiger partial charge in [-0.3, -0.25) is 4.79 Å². The summed E-state index contributed by atoms with van der Waals surface area (Å²) in [6.07, 6.45) is 3.34. The van der Waals surface area contributed by atoms with Crippen LogP contribution < -0.4 is 11.1 Å². The molecule has 1 atom stereocenters. The first-order valence-electron chi connectivity index (χ1n) is 6.97. The van der Waals surface area contributed by atoms with Crippen LogP contribution in [0.1, 0.15) is 29.7 Å². The first-order chi connectivity index (χ1) is 11.0. The minimum atomic E-state index is -0.528. The van der Waals surface area contributed by atoms with Gasteiger partial charge in [-0.15, -0.1) is 0 Å². The smallest absolute Gasteiger partial charge is 0.264 e. The Kier molecular flexibility index (Phi) is 3.77. The quantitative estimate of drug-likeness (QED) is 0.831. The minimum Gasteiger partial charge on any atom is -0.374 e. The molecule has 6 heteroatoms. The molecule has 3 N–H and O–H groups in total. The van der Waals surface area contributed by atoms with Crippen LogP contribution >= 0.6 is 11.6 Å². The number of hydrogen-bond acceptors (Lipinski definition) is 4. The molecule has 0 radical (unpaired) electrons. The molecule has 5 nitrogen and oxygen atoms in total. The van der Waals surface area contributed by atoms with Crippen molar-refractivity contribution in [2.75, 3.05) is 0 Å². The van der Waals surface area contributed by atoms with Crippen LogP contribution in [0.2, 0.25) is 5.15 Å². The van der Waals surface area contributed by atoms with Gasteiger partial charge in [-0.05, 0) is 54.0 Å². The topological polar surface area (TPSA) is 91.8 Å². The van der Waals surface area contributed by atoms with Crippen molar-refractivity contribution in [3.63, 3.8) is 0 Å². The van der Waals surface area contributed by atoms with Gasteiger partial charge in [0.15, 0.2) is 0 Å². The second kappa shape index (κ2) is 5.75. The maximum atomic E-state index is 11.5. The Morgan fingerprint density at radius 1 is 1.43 bits per heavy atom. The number of carbonyl (C=O) groups excluding carboxylic acids is 1. The highest BCUT2D eigenvalue weighted by molar-refractivity contribution is 6.29. The summed E-state index contributed by atoms with van der Waals surface area (Å²) in [6, 6.07) is 9.14. The molecule has 1 unspecified atom stereocenters. The molecule has 1 aromatic carbocycles. The summed E-state index contributed by atoms with van der Waals surface area (Å²) in [5.74, 6) is -0.528. The molecule has 0 bridgehead atoms. The zero-order valence-corrected chi connectivity index (χ0v) is 13.1. The van der Waals surface area contributed by atoms with Gasteiger partial charge < -0.3 is 11.1 Å².